The summed E-state index contributed by atoms with van der Waals surface area (Å²) >= 11 is 0. The first-order chi connectivity index (χ1) is 11.6. The Balaban J connectivity index is 0.00000225. The molecule has 0 saturated carbocycles. The van der Waals surface area contributed by atoms with Crippen molar-refractivity contribution in [2.24, 2.45) is 0 Å². The van der Waals surface area contributed by atoms with Crippen LogP contribution in [0.5, 0.6) is 0 Å². The fourth-order valence-corrected chi connectivity index (χ4v) is 2.65. The summed E-state index contributed by atoms with van der Waals surface area (Å²) in [5.74, 6) is -0.0288. The maximum atomic E-state index is 12.4. The van der Waals surface area contributed by atoms with Crippen molar-refractivity contribution in [2.45, 2.75) is 20.4 Å². The average Bonchev–Trinajstić information content (AvgIpc) is 2.59. The number of carbonyl (C=O) groups excluding carboxylic acids is 1. The number of aryl methyl sites for hydroxylation is 2. The van der Waals surface area contributed by atoms with Crippen molar-refractivity contribution >= 4 is 11.6 Å². The van der Waals surface area contributed by atoms with Gasteiger partial charge in [-0.3, -0.25) is 4.79 Å². The van der Waals surface area contributed by atoms with E-state index in [1.807, 2.05) is 73.3 Å². The van der Waals surface area contributed by atoms with Gasteiger partial charge in [0.25, 0.3) is 5.91 Å². The molecule has 1 aromatic heterocycles. The van der Waals surface area contributed by atoms with Crippen molar-refractivity contribution in [1.82, 2.24) is 0 Å². The molecule has 3 rings (SSSR count). The molecule has 0 atom stereocenters. The summed E-state index contributed by atoms with van der Waals surface area (Å²) in [6, 6.07) is 20.2. The van der Waals surface area contributed by atoms with E-state index in [0.717, 1.165) is 27.9 Å². The first kappa shape index (κ1) is 18.7. The molecule has 1 heterocycles. The molecule has 0 radical (unpaired) electrons. The molecule has 0 spiro atoms. The van der Waals surface area contributed by atoms with Gasteiger partial charge in [0.1, 0.15) is 0 Å². The molecule has 1 N–H and O–H groups in total. The van der Waals surface area contributed by atoms with Crippen molar-refractivity contribution in [3.05, 3.63) is 84.2 Å². The normalized spacial score (nSPS) is 10.0. The fraction of sp³-hybridized carbons (Fsp3) is 0.143. The zero-order valence-corrected chi connectivity index (χ0v) is 15.1. The number of benzene rings is 2. The molecule has 3 aromatic rings. The Morgan fingerprint density at radius 2 is 1.68 bits per heavy atom. The van der Waals surface area contributed by atoms with Crippen LogP contribution in [0, 0.1) is 13.8 Å². The minimum absolute atomic E-state index is 0. The highest BCUT2D eigenvalue weighted by Gasteiger charge is 2.12. The van der Waals surface area contributed by atoms with Crippen molar-refractivity contribution in [2.75, 3.05) is 5.32 Å². The van der Waals surface area contributed by atoms with Crippen LogP contribution in [0.15, 0.2) is 73.1 Å². The second-order valence-corrected chi connectivity index (χ2v) is 6.00. The van der Waals surface area contributed by atoms with Crippen LogP contribution in [0.25, 0.3) is 11.1 Å². The number of hydrogen-bond donors (Lipinski definition) is 1. The lowest BCUT2D eigenvalue weighted by Gasteiger charge is -2.08. The molecule has 0 unspecified atom stereocenters. The van der Waals surface area contributed by atoms with Crippen LogP contribution in [-0.2, 0) is 11.3 Å². The molecular weight excluding hydrogens is 332 g/mol. The Morgan fingerprint density at radius 3 is 2.44 bits per heavy atom. The summed E-state index contributed by atoms with van der Waals surface area (Å²) in [6.07, 6.45) is 3.91. The second-order valence-electron chi connectivity index (χ2n) is 6.00. The topological polar surface area (TPSA) is 33.0 Å². The maximum absolute atomic E-state index is 12.4. The van der Waals surface area contributed by atoms with E-state index >= 15 is 0 Å². The largest absolute Gasteiger partial charge is 1.00 e. The van der Waals surface area contributed by atoms with Gasteiger partial charge in [0.2, 0.25) is 6.54 Å². The number of anilines is 1. The fourth-order valence-electron chi connectivity index (χ4n) is 2.65. The molecule has 3 nitrogen and oxygen atoms in total. The van der Waals surface area contributed by atoms with Crippen LogP contribution >= 0.6 is 0 Å². The lowest BCUT2D eigenvalue weighted by molar-refractivity contribution is -0.683. The highest BCUT2D eigenvalue weighted by Crippen LogP contribution is 2.17. The van der Waals surface area contributed by atoms with Crippen molar-refractivity contribution in [3.63, 3.8) is 0 Å². The monoisotopic (exact) mass is 352 g/mol. The zero-order chi connectivity index (χ0) is 16.9. The Bertz CT molecular complexity index is 863. The van der Waals surface area contributed by atoms with Crippen molar-refractivity contribution in [1.29, 1.82) is 0 Å². The van der Waals surface area contributed by atoms with Gasteiger partial charge in [-0.1, -0.05) is 42.5 Å². The predicted octanol–water partition coefficient (Wildman–Crippen LogP) is 0.901. The van der Waals surface area contributed by atoms with Gasteiger partial charge in [0.15, 0.2) is 12.4 Å². The van der Waals surface area contributed by atoms with Crippen LogP contribution in [0.3, 0.4) is 0 Å². The highest BCUT2D eigenvalue weighted by molar-refractivity contribution is 5.90. The summed E-state index contributed by atoms with van der Waals surface area (Å²) in [7, 11) is 0. The van der Waals surface area contributed by atoms with Gasteiger partial charge in [0, 0.05) is 17.3 Å². The Labute approximate surface area is 154 Å². The Morgan fingerprint density at radius 1 is 0.960 bits per heavy atom. The van der Waals surface area contributed by atoms with Gasteiger partial charge in [-0.05, 0) is 42.7 Å². The van der Waals surface area contributed by atoms with Crippen LogP contribution in [0.4, 0.5) is 5.69 Å². The molecule has 0 bridgehead atoms. The highest BCUT2D eigenvalue weighted by atomic mass is 35.5. The molecule has 1 amide bonds. The van der Waals surface area contributed by atoms with E-state index in [1.54, 1.807) is 0 Å². The first-order valence-electron chi connectivity index (χ1n) is 8.03. The van der Waals surface area contributed by atoms with Crippen molar-refractivity contribution in [3.8, 4) is 11.1 Å². The number of halogens is 1. The van der Waals surface area contributed by atoms with Gasteiger partial charge < -0.3 is 17.7 Å². The summed E-state index contributed by atoms with van der Waals surface area (Å²) < 4.78 is 1.91. The Hall–Kier alpha value is -2.65. The summed E-state index contributed by atoms with van der Waals surface area (Å²) in [4.78, 5) is 12.4. The van der Waals surface area contributed by atoms with Gasteiger partial charge >= 0.3 is 0 Å². The third-order valence-corrected chi connectivity index (χ3v) is 3.96. The van der Waals surface area contributed by atoms with Gasteiger partial charge in [-0.25, -0.2) is 0 Å². The lowest BCUT2D eigenvalue weighted by Crippen LogP contribution is -3.00. The smallest absolute Gasteiger partial charge is 0.290 e. The zero-order valence-electron chi connectivity index (χ0n) is 14.4. The standard InChI is InChI=1S/C21H20N2O.ClH/c1-16-10-11-17(2)20(13-16)22-21(24)15-23-12-6-9-19(14-23)18-7-4-3-5-8-18;/h3-14H,15H2,1-2H3;1H. The Kier molecular flexibility index (Phi) is 6.31. The van der Waals surface area contributed by atoms with Crippen LogP contribution < -0.4 is 22.3 Å². The number of pyridine rings is 1. The van der Waals surface area contributed by atoms with E-state index in [2.05, 4.69) is 23.5 Å². The lowest BCUT2D eigenvalue weighted by atomic mass is 10.1. The molecule has 0 fully saturated rings. The third-order valence-electron chi connectivity index (χ3n) is 3.96. The van der Waals surface area contributed by atoms with E-state index in [-0.39, 0.29) is 24.9 Å². The molecule has 25 heavy (non-hydrogen) atoms. The molecule has 0 aliphatic carbocycles. The van der Waals surface area contributed by atoms with E-state index < -0.39 is 0 Å². The molecule has 2 aromatic carbocycles. The minimum atomic E-state index is -0.0288. The van der Waals surface area contributed by atoms with Crippen LogP contribution in [0.1, 0.15) is 11.1 Å². The summed E-state index contributed by atoms with van der Waals surface area (Å²) in [6.45, 7) is 4.31. The van der Waals surface area contributed by atoms with Gasteiger partial charge in [-0.15, -0.1) is 0 Å². The minimum Gasteiger partial charge on any atom is -1.00 e. The van der Waals surface area contributed by atoms with Gasteiger partial charge in [0.05, 0.1) is 0 Å². The number of nitrogens with one attached hydrogen (secondary N) is 1. The van der Waals surface area contributed by atoms with Gasteiger partial charge in [-0.2, -0.15) is 4.57 Å². The maximum Gasteiger partial charge on any atom is 0.290 e. The number of rotatable bonds is 4. The average molecular weight is 353 g/mol. The number of nitrogens with zero attached hydrogens (tertiary/aromatic N) is 1. The molecule has 0 aliphatic heterocycles. The summed E-state index contributed by atoms with van der Waals surface area (Å²) in [5, 5.41) is 3.00. The SMILES string of the molecule is Cc1ccc(C)c(NC(=O)C[n+]2cccc(-c3ccccc3)c2)c1.[Cl-]. The van der Waals surface area contributed by atoms with E-state index in [4.69, 9.17) is 0 Å². The number of amides is 1. The van der Waals surface area contributed by atoms with E-state index in [0.29, 0.717) is 0 Å². The van der Waals surface area contributed by atoms with E-state index in [1.165, 1.54) is 0 Å². The number of aromatic nitrogens is 1. The van der Waals surface area contributed by atoms with Crippen LogP contribution in [0.2, 0.25) is 0 Å². The third kappa shape index (κ3) is 4.91. The van der Waals surface area contributed by atoms with E-state index in [9.17, 15) is 4.79 Å². The molecule has 4 heteroatoms. The summed E-state index contributed by atoms with van der Waals surface area (Å²) in [5.41, 5.74) is 5.31. The molecule has 128 valence electrons. The quantitative estimate of drug-likeness (QED) is 0.695. The van der Waals surface area contributed by atoms with Crippen molar-refractivity contribution < 1.29 is 21.8 Å². The number of hydrogen-bond acceptors (Lipinski definition) is 1. The number of carbonyl (C=O) groups is 1. The van der Waals surface area contributed by atoms with Crippen LogP contribution in [-0.4, -0.2) is 5.91 Å². The second kappa shape index (κ2) is 8.45. The molecule has 0 aliphatic rings. The molecule has 0 saturated heterocycles. The first-order valence-corrected chi connectivity index (χ1v) is 8.03. The predicted molar refractivity (Wildman–Crippen MR) is 96.6 cm³/mol. The molecular formula is C21H21ClN2O.